The van der Waals surface area contributed by atoms with Gasteiger partial charge in [-0.05, 0) is 11.6 Å². The molecule has 0 unspecified atom stereocenters. The highest BCUT2D eigenvalue weighted by Gasteiger charge is 2.47. The summed E-state index contributed by atoms with van der Waals surface area (Å²) in [6.45, 7) is 0. The molecular weight excluding hydrogens is 144 g/mol. The molecule has 0 saturated carbocycles. The molecular formula is C2ClF3N2. The first-order valence-electron chi connectivity index (χ1n) is 1.63. The Labute approximate surface area is 47.5 Å². The molecule has 0 atom stereocenters. The topological polar surface area (TPSA) is 15.4 Å². The maximum Gasteiger partial charge on any atom is 0.507 e. The van der Waals surface area contributed by atoms with Crippen molar-refractivity contribution in [3.05, 3.63) is 0 Å². The molecule has 1 rings (SSSR count). The van der Waals surface area contributed by atoms with Gasteiger partial charge in [-0.1, -0.05) is 0 Å². The van der Waals surface area contributed by atoms with Crippen LogP contribution in [0.5, 0.6) is 0 Å². The summed E-state index contributed by atoms with van der Waals surface area (Å²) >= 11 is 4.79. The monoisotopic (exact) mass is 144 g/mol. The van der Waals surface area contributed by atoms with Gasteiger partial charge in [0.25, 0.3) is 0 Å². The number of rotatable bonds is 0. The Morgan fingerprint density at radius 2 is 1.88 bits per heavy atom. The lowest BCUT2D eigenvalue weighted by Gasteiger charge is -2.02. The van der Waals surface area contributed by atoms with Gasteiger partial charge in [0, 0.05) is 0 Å². The lowest BCUT2D eigenvalue weighted by molar-refractivity contribution is -0.201. The first kappa shape index (κ1) is 5.68. The van der Waals surface area contributed by atoms with Crippen molar-refractivity contribution in [2.24, 2.45) is 5.10 Å². The van der Waals surface area contributed by atoms with Crippen LogP contribution in [0.2, 0.25) is 0 Å². The molecule has 0 radical (unpaired) electrons. The van der Waals surface area contributed by atoms with Gasteiger partial charge in [-0.15, -0.1) is 23.3 Å². The van der Waals surface area contributed by atoms with Gasteiger partial charge in [-0.25, -0.2) is 0 Å². The molecule has 1 heterocycles. The molecule has 0 bridgehead atoms. The van der Waals surface area contributed by atoms with E-state index in [9.17, 15) is 13.2 Å². The maximum atomic E-state index is 11.2. The van der Waals surface area contributed by atoms with Crippen LogP contribution in [0.3, 0.4) is 0 Å². The molecule has 8 heavy (non-hydrogen) atoms. The molecule has 6 heteroatoms. The highest BCUT2D eigenvalue weighted by Crippen LogP contribution is 2.30. The molecule has 0 amide bonds. The average Bonchev–Trinajstić information content (AvgIpc) is 2.13. The van der Waals surface area contributed by atoms with Crippen LogP contribution < -0.4 is 0 Å². The van der Waals surface area contributed by atoms with Crippen molar-refractivity contribution >= 4 is 16.9 Å². The molecule has 0 aromatic carbocycles. The SMILES string of the molecule is FC(F)(F)N1N=C1Cl. The second-order valence-electron chi connectivity index (χ2n) is 1.15. The molecule has 1 aliphatic heterocycles. The second-order valence-corrected chi connectivity index (χ2v) is 1.49. The van der Waals surface area contributed by atoms with Gasteiger partial charge in [0.05, 0.1) is 0 Å². The normalized spacial score (nSPS) is 18.5. The fraction of sp³-hybridized carbons (Fsp3) is 0.500. The summed E-state index contributed by atoms with van der Waals surface area (Å²) in [5.74, 6) is 0. The molecule has 0 aliphatic carbocycles. The number of nitrogens with zero attached hydrogens (tertiary/aromatic N) is 2. The average molecular weight is 144 g/mol. The zero-order valence-corrected chi connectivity index (χ0v) is 4.16. The van der Waals surface area contributed by atoms with E-state index in [0.29, 0.717) is 0 Å². The van der Waals surface area contributed by atoms with Crippen LogP contribution in [-0.2, 0) is 0 Å². The predicted octanol–water partition coefficient (Wildman–Crippen LogP) is 1.33. The zero-order chi connectivity index (χ0) is 6.36. The fourth-order valence-corrected chi connectivity index (χ4v) is 0.393. The molecule has 0 aromatic heterocycles. The molecule has 0 spiro atoms. The van der Waals surface area contributed by atoms with Gasteiger partial charge in [0.2, 0.25) is 5.29 Å². The number of halogens is 4. The highest BCUT2D eigenvalue weighted by molar-refractivity contribution is 6.67. The minimum Gasteiger partial charge on any atom is -0.149 e. The largest absolute Gasteiger partial charge is 0.507 e. The van der Waals surface area contributed by atoms with Crippen molar-refractivity contribution < 1.29 is 13.2 Å². The van der Waals surface area contributed by atoms with Crippen molar-refractivity contribution in [2.45, 2.75) is 6.30 Å². The summed E-state index contributed by atoms with van der Waals surface area (Å²) in [6, 6.07) is 0. The second kappa shape index (κ2) is 1.28. The van der Waals surface area contributed by atoms with Crippen LogP contribution in [0.15, 0.2) is 5.10 Å². The summed E-state index contributed by atoms with van der Waals surface area (Å²) < 4.78 is 33.7. The molecule has 0 fully saturated rings. The predicted molar refractivity (Wildman–Crippen MR) is 21.2 cm³/mol. The van der Waals surface area contributed by atoms with E-state index in [1.165, 1.54) is 0 Å². The standard InChI is InChI=1S/C2ClF3N2/c3-1-7-8(1)2(4,5)6. The smallest absolute Gasteiger partial charge is 0.149 e. The van der Waals surface area contributed by atoms with Gasteiger partial charge in [-0.2, -0.15) is 0 Å². The minimum atomic E-state index is -4.42. The number of hydrazone groups is 1. The number of amidine groups is 1. The van der Waals surface area contributed by atoms with E-state index in [0.717, 1.165) is 0 Å². The van der Waals surface area contributed by atoms with Crippen molar-refractivity contribution in [3.63, 3.8) is 0 Å². The van der Waals surface area contributed by atoms with E-state index in [-0.39, 0.29) is 5.01 Å². The number of alkyl halides is 3. The Hall–Kier alpha value is -0.450. The van der Waals surface area contributed by atoms with E-state index < -0.39 is 11.6 Å². The van der Waals surface area contributed by atoms with Gasteiger partial charge >= 0.3 is 6.30 Å². The number of hydrogen-bond acceptors (Lipinski definition) is 2. The van der Waals surface area contributed by atoms with Gasteiger partial charge < -0.3 is 0 Å². The lowest BCUT2D eigenvalue weighted by atomic mass is 11.1. The van der Waals surface area contributed by atoms with E-state index in [1.807, 2.05) is 0 Å². The van der Waals surface area contributed by atoms with Gasteiger partial charge in [0.15, 0.2) is 0 Å². The van der Waals surface area contributed by atoms with Crippen molar-refractivity contribution in [2.75, 3.05) is 0 Å². The third-order valence-corrected chi connectivity index (χ3v) is 0.794. The quantitative estimate of drug-likeness (QED) is 0.468. The van der Waals surface area contributed by atoms with E-state index in [1.54, 1.807) is 0 Å². The van der Waals surface area contributed by atoms with E-state index >= 15 is 0 Å². The van der Waals surface area contributed by atoms with Crippen LogP contribution in [0.25, 0.3) is 0 Å². The first-order chi connectivity index (χ1) is 3.52. The summed E-state index contributed by atoms with van der Waals surface area (Å²) in [7, 11) is 0. The van der Waals surface area contributed by atoms with E-state index in [2.05, 4.69) is 5.10 Å². The molecule has 1 aliphatic rings. The zero-order valence-electron chi connectivity index (χ0n) is 3.41. The molecule has 0 aromatic rings. The van der Waals surface area contributed by atoms with Crippen molar-refractivity contribution in [1.82, 2.24) is 5.01 Å². The first-order valence-corrected chi connectivity index (χ1v) is 2.00. The Balaban J connectivity index is 2.43. The molecule has 46 valence electrons. The summed E-state index contributed by atoms with van der Waals surface area (Å²) in [4.78, 5) is 0. The van der Waals surface area contributed by atoms with Crippen LogP contribution in [-0.4, -0.2) is 16.6 Å². The summed E-state index contributed by atoms with van der Waals surface area (Å²) in [5, 5.41) is 2.00. The molecule has 0 saturated heterocycles. The van der Waals surface area contributed by atoms with E-state index in [4.69, 9.17) is 11.6 Å². The van der Waals surface area contributed by atoms with Crippen LogP contribution >= 0.6 is 11.6 Å². The highest BCUT2D eigenvalue weighted by atomic mass is 35.5. The third-order valence-electron chi connectivity index (χ3n) is 0.558. The maximum absolute atomic E-state index is 11.2. The summed E-state index contributed by atoms with van der Waals surface area (Å²) in [6.07, 6.45) is -4.42. The Morgan fingerprint density at radius 1 is 1.50 bits per heavy atom. The van der Waals surface area contributed by atoms with Crippen LogP contribution in [0.1, 0.15) is 0 Å². The number of hydrogen-bond donors (Lipinski definition) is 0. The van der Waals surface area contributed by atoms with Gasteiger partial charge in [0.1, 0.15) is 0 Å². The fourth-order valence-electron chi connectivity index (χ4n) is 0.221. The Bertz CT molecular complexity index is 139. The van der Waals surface area contributed by atoms with Crippen LogP contribution in [0.4, 0.5) is 13.2 Å². The van der Waals surface area contributed by atoms with Gasteiger partial charge in [-0.3, -0.25) is 0 Å². The lowest BCUT2D eigenvalue weighted by Crippen LogP contribution is -2.22. The molecule has 2 nitrogen and oxygen atoms in total. The summed E-state index contributed by atoms with van der Waals surface area (Å²) in [5.41, 5.74) is 0. The Morgan fingerprint density at radius 3 is 1.88 bits per heavy atom. The van der Waals surface area contributed by atoms with Crippen LogP contribution in [0, 0.1) is 0 Å². The third kappa shape index (κ3) is 0.861. The minimum absolute atomic E-state index is 0.214. The van der Waals surface area contributed by atoms with Crippen molar-refractivity contribution in [1.29, 1.82) is 0 Å². The molecule has 0 N–H and O–H groups in total. The Kier molecular flexibility index (Phi) is 0.910. The van der Waals surface area contributed by atoms with Crippen molar-refractivity contribution in [3.8, 4) is 0 Å².